The van der Waals surface area contributed by atoms with Crippen molar-refractivity contribution in [1.29, 1.82) is 0 Å². The Morgan fingerprint density at radius 2 is 1.59 bits per heavy atom. The number of hydrogen-bond donors (Lipinski definition) is 1. The van der Waals surface area contributed by atoms with Gasteiger partial charge in [0.2, 0.25) is 5.91 Å². The van der Waals surface area contributed by atoms with Crippen molar-refractivity contribution >= 4 is 16.9 Å². The predicted octanol–water partition coefficient (Wildman–Crippen LogP) is 2.89. The number of para-hydroxylation sites is 2. The lowest BCUT2D eigenvalue weighted by Gasteiger charge is -2.20. The SMILES string of the molecule is CCN(CC)Cc1ccccc1CNC(=O)CCn1c(=O)n(C)c2ccccc21. The molecular weight excluding hydrogens is 364 g/mol. The van der Waals surface area contributed by atoms with Crippen LogP contribution in [0.2, 0.25) is 0 Å². The van der Waals surface area contributed by atoms with Crippen LogP contribution >= 0.6 is 0 Å². The summed E-state index contributed by atoms with van der Waals surface area (Å²) in [4.78, 5) is 27.3. The number of amides is 1. The largest absolute Gasteiger partial charge is 0.352 e. The predicted molar refractivity (Wildman–Crippen MR) is 117 cm³/mol. The molecule has 0 saturated carbocycles. The summed E-state index contributed by atoms with van der Waals surface area (Å²) < 4.78 is 3.29. The minimum atomic E-state index is -0.0939. The van der Waals surface area contributed by atoms with E-state index in [4.69, 9.17) is 0 Å². The zero-order valence-electron chi connectivity index (χ0n) is 17.5. The Balaban J connectivity index is 1.62. The first-order valence-corrected chi connectivity index (χ1v) is 10.2. The second-order valence-corrected chi connectivity index (χ2v) is 7.24. The van der Waals surface area contributed by atoms with Crippen LogP contribution in [0.5, 0.6) is 0 Å². The van der Waals surface area contributed by atoms with Crippen LogP contribution in [0.15, 0.2) is 53.3 Å². The highest BCUT2D eigenvalue weighted by atomic mass is 16.2. The van der Waals surface area contributed by atoms with E-state index in [-0.39, 0.29) is 18.0 Å². The molecule has 29 heavy (non-hydrogen) atoms. The van der Waals surface area contributed by atoms with E-state index < -0.39 is 0 Å². The lowest BCUT2D eigenvalue weighted by Crippen LogP contribution is -2.28. The molecule has 1 aromatic heterocycles. The maximum atomic E-state index is 12.5. The van der Waals surface area contributed by atoms with Gasteiger partial charge in [-0.2, -0.15) is 0 Å². The summed E-state index contributed by atoms with van der Waals surface area (Å²) in [7, 11) is 1.76. The minimum Gasteiger partial charge on any atom is -0.352 e. The van der Waals surface area contributed by atoms with Crippen LogP contribution in [-0.4, -0.2) is 33.0 Å². The van der Waals surface area contributed by atoms with Crippen molar-refractivity contribution in [2.24, 2.45) is 7.05 Å². The van der Waals surface area contributed by atoms with E-state index >= 15 is 0 Å². The molecule has 0 unspecified atom stereocenters. The molecule has 0 aliphatic rings. The molecule has 0 atom stereocenters. The molecular formula is C23H30N4O2. The van der Waals surface area contributed by atoms with Crippen LogP contribution in [0, 0.1) is 0 Å². The van der Waals surface area contributed by atoms with Crippen molar-refractivity contribution in [3.8, 4) is 0 Å². The summed E-state index contributed by atoms with van der Waals surface area (Å²) in [5, 5.41) is 3.01. The van der Waals surface area contributed by atoms with Gasteiger partial charge in [0.25, 0.3) is 0 Å². The van der Waals surface area contributed by atoms with E-state index in [0.29, 0.717) is 13.1 Å². The average molecular weight is 395 g/mol. The average Bonchev–Trinajstić information content (AvgIpc) is 2.99. The number of benzene rings is 2. The Morgan fingerprint density at radius 1 is 0.966 bits per heavy atom. The van der Waals surface area contributed by atoms with E-state index in [9.17, 15) is 9.59 Å². The number of rotatable bonds is 9. The zero-order chi connectivity index (χ0) is 20.8. The number of aromatic nitrogens is 2. The van der Waals surface area contributed by atoms with Gasteiger partial charge in [0.05, 0.1) is 11.0 Å². The number of aryl methyl sites for hydroxylation is 2. The Kier molecular flexibility index (Phi) is 6.88. The Bertz CT molecular complexity index is 1030. The highest BCUT2D eigenvalue weighted by Gasteiger charge is 2.12. The number of nitrogens with one attached hydrogen (secondary N) is 1. The topological polar surface area (TPSA) is 59.3 Å². The molecule has 1 heterocycles. The summed E-state index contributed by atoms with van der Waals surface area (Å²) in [6.07, 6.45) is 0.270. The molecule has 6 nitrogen and oxygen atoms in total. The fraction of sp³-hybridized carbons (Fsp3) is 0.391. The number of carbonyl (C=O) groups is 1. The molecule has 3 aromatic rings. The Hall–Kier alpha value is -2.86. The maximum Gasteiger partial charge on any atom is 0.328 e. The van der Waals surface area contributed by atoms with Gasteiger partial charge in [0.15, 0.2) is 0 Å². The summed E-state index contributed by atoms with van der Waals surface area (Å²) in [5.74, 6) is -0.0533. The van der Waals surface area contributed by atoms with Gasteiger partial charge in [-0.3, -0.25) is 18.8 Å². The van der Waals surface area contributed by atoms with Crippen molar-refractivity contribution in [3.63, 3.8) is 0 Å². The van der Waals surface area contributed by atoms with Gasteiger partial charge in [-0.25, -0.2) is 4.79 Å². The van der Waals surface area contributed by atoms with Crippen LogP contribution in [0.1, 0.15) is 31.4 Å². The van der Waals surface area contributed by atoms with Crippen molar-refractivity contribution in [2.75, 3.05) is 13.1 Å². The first-order valence-electron chi connectivity index (χ1n) is 10.2. The van der Waals surface area contributed by atoms with Crippen LogP contribution in [0.3, 0.4) is 0 Å². The van der Waals surface area contributed by atoms with E-state index in [2.05, 4.69) is 36.2 Å². The molecule has 0 saturated heterocycles. The molecule has 0 bridgehead atoms. The zero-order valence-corrected chi connectivity index (χ0v) is 17.5. The molecule has 0 fully saturated rings. The molecule has 154 valence electrons. The van der Waals surface area contributed by atoms with Crippen LogP contribution in [0.25, 0.3) is 11.0 Å². The summed E-state index contributed by atoms with van der Waals surface area (Å²) in [6.45, 7) is 8.05. The quantitative estimate of drug-likeness (QED) is 0.607. The van der Waals surface area contributed by atoms with Gasteiger partial charge in [-0.1, -0.05) is 50.2 Å². The highest BCUT2D eigenvalue weighted by Crippen LogP contribution is 2.13. The van der Waals surface area contributed by atoms with E-state index in [1.165, 1.54) is 5.56 Å². The number of nitrogens with zero attached hydrogens (tertiary/aromatic N) is 3. The van der Waals surface area contributed by atoms with E-state index in [0.717, 1.165) is 36.2 Å². The molecule has 0 radical (unpaired) electrons. The highest BCUT2D eigenvalue weighted by molar-refractivity contribution is 5.78. The van der Waals surface area contributed by atoms with Crippen LogP contribution in [0.4, 0.5) is 0 Å². The number of fused-ring (bicyclic) bond motifs is 1. The monoisotopic (exact) mass is 394 g/mol. The molecule has 1 N–H and O–H groups in total. The van der Waals surface area contributed by atoms with Crippen molar-refractivity contribution < 1.29 is 4.79 Å². The van der Waals surface area contributed by atoms with Gasteiger partial charge < -0.3 is 5.32 Å². The Labute approximate surface area is 171 Å². The lowest BCUT2D eigenvalue weighted by atomic mass is 10.1. The lowest BCUT2D eigenvalue weighted by molar-refractivity contribution is -0.121. The molecule has 3 rings (SSSR count). The molecule has 1 amide bonds. The van der Waals surface area contributed by atoms with Crippen LogP contribution < -0.4 is 11.0 Å². The number of carbonyl (C=O) groups excluding carboxylic acids is 1. The smallest absolute Gasteiger partial charge is 0.328 e. The van der Waals surface area contributed by atoms with Crippen molar-refractivity contribution in [3.05, 3.63) is 70.1 Å². The fourth-order valence-electron chi connectivity index (χ4n) is 3.65. The summed E-state index contributed by atoms with van der Waals surface area (Å²) >= 11 is 0. The first-order chi connectivity index (χ1) is 14.0. The second kappa shape index (κ2) is 9.56. The summed E-state index contributed by atoms with van der Waals surface area (Å²) in [6, 6.07) is 15.9. The molecule has 0 aliphatic carbocycles. The minimum absolute atomic E-state index is 0.0533. The number of imidazole rings is 1. The van der Waals surface area contributed by atoms with Gasteiger partial charge in [-0.05, 0) is 36.3 Å². The number of hydrogen-bond acceptors (Lipinski definition) is 3. The molecule has 0 spiro atoms. The normalized spacial score (nSPS) is 11.3. The third kappa shape index (κ3) is 4.77. The van der Waals surface area contributed by atoms with E-state index in [1.807, 2.05) is 36.4 Å². The fourth-order valence-corrected chi connectivity index (χ4v) is 3.65. The maximum absolute atomic E-state index is 12.5. The Morgan fingerprint density at radius 3 is 2.28 bits per heavy atom. The van der Waals surface area contributed by atoms with Crippen molar-refractivity contribution in [2.45, 2.75) is 39.9 Å². The molecule has 2 aromatic carbocycles. The first kappa shape index (κ1) is 20.9. The van der Waals surface area contributed by atoms with E-state index in [1.54, 1.807) is 16.2 Å². The third-order valence-electron chi connectivity index (χ3n) is 5.50. The molecule has 6 heteroatoms. The standard InChI is InChI=1S/C23H30N4O2/c1-4-26(5-2)17-19-11-7-6-10-18(19)16-24-22(28)14-15-27-21-13-9-8-12-20(21)25(3)23(27)29/h6-13H,4-5,14-17H2,1-3H3,(H,24,28). The van der Waals surface area contributed by atoms with Crippen LogP contribution in [-0.2, 0) is 31.5 Å². The molecule has 0 aliphatic heterocycles. The van der Waals surface area contributed by atoms with Crippen molar-refractivity contribution in [1.82, 2.24) is 19.4 Å². The summed E-state index contributed by atoms with van der Waals surface area (Å²) in [5.41, 5.74) is 4.01. The van der Waals surface area contributed by atoms with Gasteiger partial charge in [0.1, 0.15) is 0 Å². The van der Waals surface area contributed by atoms with Gasteiger partial charge in [-0.15, -0.1) is 0 Å². The second-order valence-electron chi connectivity index (χ2n) is 7.24. The third-order valence-corrected chi connectivity index (χ3v) is 5.50. The van der Waals surface area contributed by atoms with Gasteiger partial charge >= 0.3 is 5.69 Å². The van der Waals surface area contributed by atoms with Gasteiger partial charge in [0, 0.05) is 33.1 Å².